The quantitative estimate of drug-likeness (QED) is 0.735. The summed E-state index contributed by atoms with van der Waals surface area (Å²) >= 11 is 3.59. The highest BCUT2D eigenvalue weighted by atomic mass is 79.9. The van der Waals surface area contributed by atoms with Crippen LogP contribution in [0.15, 0.2) is 39.9 Å². The lowest BCUT2D eigenvalue weighted by Gasteiger charge is -2.49. The first kappa shape index (κ1) is 17.7. The number of methoxy groups -OCH3 is 1. The molecule has 1 fully saturated rings. The lowest BCUT2D eigenvalue weighted by atomic mass is 9.62. The van der Waals surface area contributed by atoms with Gasteiger partial charge < -0.3 is 10.5 Å². The Morgan fingerprint density at radius 2 is 2.12 bits per heavy atom. The number of nitrogens with two attached hydrogens (primary N) is 1. The van der Waals surface area contributed by atoms with Crippen LogP contribution < -0.4 is 5.73 Å². The molecule has 0 aromatic rings. The van der Waals surface area contributed by atoms with Crippen molar-refractivity contribution in [2.24, 2.45) is 16.1 Å². The first-order valence-corrected chi connectivity index (χ1v) is 9.26. The number of rotatable bonds is 1. The van der Waals surface area contributed by atoms with Gasteiger partial charge in [0.25, 0.3) is 0 Å². The van der Waals surface area contributed by atoms with Crippen LogP contribution in [-0.2, 0) is 9.57 Å². The van der Waals surface area contributed by atoms with Crippen molar-refractivity contribution in [3.05, 3.63) is 34.9 Å². The summed E-state index contributed by atoms with van der Waals surface area (Å²) in [4.78, 5) is 11.1. The summed E-state index contributed by atoms with van der Waals surface area (Å²) in [7, 11) is 3.60. The van der Waals surface area contributed by atoms with Gasteiger partial charge in [0.2, 0.25) is 11.7 Å². The lowest BCUT2D eigenvalue weighted by molar-refractivity contribution is -0.213. The number of hydrogen-bond donors (Lipinski definition) is 1. The molecule has 1 aliphatic heterocycles. The number of guanidine groups is 1. The first-order chi connectivity index (χ1) is 11.4. The van der Waals surface area contributed by atoms with Gasteiger partial charge in [0.1, 0.15) is 0 Å². The van der Waals surface area contributed by atoms with Crippen LogP contribution in [0.5, 0.6) is 0 Å². The summed E-state index contributed by atoms with van der Waals surface area (Å²) in [5.41, 5.74) is 5.96. The maximum atomic E-state index is 6.29. The van der Waals surface area contributed by atoms with E-state index in [-0.39, 0.29) is 5.41 Å². The predicted octanol–water partition coefficient (Wildman–Crippen LogP) is 3.63. The molecule has 3 rings (SSSR count). The second-order valence-electron chi connectivity index (χ2n) is 6.91. The van der Waals surface area contributed by atoms with E-state index in [0.717, 1.165) is 48.6 Å². The highest BCUT2D eigenvalue weighted by molar-refractivity contribution is 9.11. The zero-order valence-corrected chi connectivity index (χ0v) is 16.0. The van der Waals surface area contributed by atoms with Crippen molar-refractivity contribution in [2.45, 2.75) is 50.4 Å². The van der Waals surface area contributed by atoms with E-state index in [2.05, 4.69) is 34.7 Å². The Kier molecular flexibility index (Phi) is 4.91. The summed E-state index contributed by atoms with van der Waals surface area (Å²) in [5, 5.41) is 1.57. The molecule has 5 nitrogen and oxygen atoms in total. The largest absolute Gasteiger partial charge is 0.381 e. The van der Waals surface area contributed by atoms with Crippen LogP contribution in [0.25, 0.3) is 0 Å². The smallest absolute Gasteiger partial charge is 0.219 e. The molecule has 132 valence electrons. The molecule has 2 N–H and O–H groups in total. The Hall–Kier alpha value is -1.11. The molecule has 0 amide bonds. The van der Waals surface area contributed by atoms with Crippen LogP contribution in [0, 0.1) is 5.41 Å². The maximum absolute atomic E-state index is 6.29. The molecule has 6 heteroatoms. The van der Waals surface area contributed by atoms with Gasteiger partial charge in [0.15, 0.2) is 0 Å². The molecule has 0 radical (unpaired) electrons. The van der Waals surface area contributed by atoms with Crippen molar-refractivity contribution < 1.29 is 9.57 Å². The summed E-state index contributed by atoms with van der Waals surface area (Å²) < 4.78 is 6.55. The van der Waals surface area contributed by atoms with E-state index in [1.807, 2.05) is 6.08 Å². The van der Waals surface area contributed by atoms with Crippen molar-refractivity contribution in [2.75, 3.05) is 14.2 Å². The second kappa shape index (κ2) is 6.65. The Labute approximate surface area is 152 Å². The zero-order chi connectivity index (χ0) is 17.4. The molecular formula is C18H26BrN3O2. The molecule has 0 bridgehead atoms. The third kappa shape index (κ3) is 2.85. The van der Waals surface area contributed by atoms with Gasteiger partial charge in [0, 0.05) is 29.6 Å². The van der Waals surface area contributed by atoms with Gasteiger partial charge >= 0.3 is 0 Å². The van der Waals surface area contributed by atoms with Crippen molar-refractivity contribution >= 4 is 21.9 Å². The van der Waals surface area contributed by atoms with Gasteiger partial charge in [0.05, 0.1) is 6.10 Å². The standard InChI is InChI=1S/C18H26BrN3O2/c1-13-12-14(19)6-4-5-9-17(10-7-15(23-3)8-11-17)18(13)21-16(20)22(2)24-18/h4,6,12,15H,1,5,7-11H2,2-3H3,(H2,20,21)/b6-4-,14-12+. The first-order valence-electron chi connectivity index (χ1n) is 8.46. The Morgan fingerprint density at radius 3 is 2.71 bits per heavy atom. The molecule has 24 heavy (non-hydrogen) atoms. The number of halogens is 1. The van der Waals surface area contributed by atoms with Gasteiger partial charge in [-0.25, -0.2) is 14.9 Å². The van der Waals surface area contributed by atoms with E-state index in [9.17, 15) is 0 Å². The number of fused-ring (bicyclic) bond motifs is 1. The summed E-state index contributed by atoms with van der Waals surface area (Å²) in [6.07, 6.45) is 12.5. The fraction of sp³-hybridized carbons (Fsp3) is 0.611. The summed E-state index contributed by atoms with van der Waals surface area (Å²) in [6, 6.07) is 0. The summed E-state index contributed by atoms with van der Waals surface area (Å²) in [6.45, 7) is 4.32. The molecule has 1 atom stereocenters. The molecule has 1 unspecified atom stereocenters. The fourth-order valence-electron chi connectivity index (χ4n) is 4.19. The second-order valence-corrected chi connectivity index (χ2v) is 7.83. The zero-order valence-electron chi connectivity index (χ0n) is 14.4. The van der Waals surface area contributed by atoms with Gasteiger partial charge in [-0.1, -0.05) is 34.7 Å². The van der Waals surface area contributed by atoms with Crippen molar-refractivity contribution in [1.82, 2.24) is 5.06 Å². The van der Waals surface area contributed by atoms with Crippen LogP contribution in [0.3, 0.4) is 0 Å². The number of allylic oxidation sites excluding steroid dienone is 3. The van der Waals surface area contributed by atoms with E-state index in [4.69, 9.17) is 20.3 Å². The molecule has 0 aromatic carbocycles. The lowest BCUT2D eigenvalue weighted by Crippen LogP contribution is -2.52. The Morgan fingerprint density at radius 1 is 1.42 bits per heavy atom. The number of ether oxygens (including phenoxy) is 1. The molecular weight excluding hydrogens is 370 g/mol. The normalized spacial score (nSPS) is 40.7. The number of hydroxylamine groups is 2. The predicted molar refractivity (Wildman–Crippen MR) is 99.4 cm³/mol. The molecule has 1 saturated carbocycles. The van der Waals surface area contributed by atoms with Crippen LogP contribution in [0.2, 0.25) is 0 Å². The molecule has 0 aromatic heterocycles. The van der Waals surface area contributed by atoms with Gasteiger partial charge in [-0.05, 0) is 44.6 Å². The van der Waals surface area contributed by atoms with Gasteiger partial charge in [-0.15, -0.1) is 0 Å². The van der Waals surface area contributed by atoms with E-state index < -0.39 is 5.72 Å². The van der Waals surface area contributed by atoms with E-state index in [1.165, 1.54) is 0 Å². The highest BCUT2D eigenvalue weighted by Gasteiger charge is 2.58. The van der Waals surface area contributed by atoms with E-state index in [1.54, 1.807) is 19.2 Å². The van der Waals surface area contributed by atoms with Crippen molar-refractivity contribution in [1.29, 1.82) is 0 Å². The number of aliphatic imine (C=N–C) groups is 1. The minimum absolute atomic E-state index is 0.132. The van der Waals surface area contributed by atoms with Crippen LogP contribution in [-0.4, -0.2) is 37.0 Å². The fourth-order valence-corrected chi connectivity index (χ4v) is 4.65. The average molecular weight is 396 g/mol. The Balaban J connectivity index is 2.06. The van der Waals surface area contributed by atoms with Crippen LogP contribution >= 0.6 is 15.9 Å². The molecule has 2 aliphatic carbocycles. The monoisotopic (exact) mass is 395 g/mol. The number of hydrogen-bond acceptors (Lipinski definition) is 5. The maximum Gasteiger partial charge on any atom is 0.219 e. The number of nitrogens with zero attached hydrogens (tertiary/aromatic N) is 2. The van der Waals surface area contributed by atoms with Gasteiger partial charge in [-0.3, -0.25) is 0 Å². The molecule has 1 heterocycles. The summed E-state index contributed by atoms with van der Waals surface area (Å²) in [5.74, 6) is 0.404. The third-order valence-electron chi connectivity index (χ3n) is 5.62. The highest BCUT2D eigenvalue weighted by Crippen LogP contribution is 2.56. The molecule has 2 spiro atoms. The van der Waals surface area contributed by atoms with Gasteiger partial charge in [-0.2, -0.15) is 0 Å². The van der Waals surface area contributed by atoms with Crippen molar-refractivity contribution in [3.63, 3.8) is 0 Å². The SMILES string of the molecule is C=C1/C=C(Br)\C=C/CCC2(CCC(OC)CC2)C12N=C(N)N(C)O2. The van der Waals surface area contributed by atoms with Crippen LogP contribution in [0.1, 0.15) is 38.5 Å². The van der Waals surface area contributed by atoms with Crippen LogP contribution in [0.4, 0.5) is 0 Å². The van der Waals surface area contributed by atoms with Crippen molar-refractivity contribution in [3.8, 4) is 0 Å². The molecule has 3 aliphatic rings. The minimum atomic E-state index is -0.838. The topological polar surface area (TPSA) is 60.1 Å². The minimum Gasteiger partial charge on any atom is -0.381 e. The molecule has 0 saturated heterocycles. The van der Waals surface area contributed by atoms with E-state index in [0.29, 0.717) is 12.1 Å². The van der Waals surface area contributed by atoms with E-state index >= 15 is 0 Å². The average Bonchev–Trinajstić information content (AvgIpc) is 2.89. The Bertz CT molecular complexity index is 605. The third-order valence-corrected chi connectivity index (χ3v) is 6.11.